The van der Waals surface area contributed by atoms with Gasteiger partial charge in [-0.2, -0.15) is 0 Å². The van der Waals surface area contributed by atoms with Crippen LogP contribution in [0.15, 0.2) is 65.1 Å². The number of hydrogen-bond acceptors (Lipinski definition) is 0. The molecule has 0 radical (unpaired) electrons. The highest BCUT2D eigenvalue weighted by Crippen LogP contribution is 2.30. The second-order valence-corrected chi connectivity index (χ2v) is 5.64. The first kappa shape index (κ1) is 12.4. The van der Waals surface area contributed by atoms with E-state index in [1.807, 2.05) is 0 Å². The van der Waals surface area contributed by atoms with Gasteiger partial charge in [0.1, 0.15) is 0 Å². The van der Waals surface area contributed by atoms with E-state index in [1.54, 1.807) is 0 Å². The van der Waals surface area contributed by atoms with Gasteiger partial charge in [0.15, 0.2) is 0 Å². The normalized spacial score (nSPS) is 10.8. The van der Waals surface area contributed by atoms with Crippen LogP contribution in [-0.4, -0.2) is 0 Å². The number of fused-ring (bicyclic) bond motifs is 1. The smallest absolute Gasteiger partial charge is 0.0181 e. The molecular formula is C18H15Br. The Kier molecular flexibility index (Phi) is 3.39. The van der Waals surface area contributed by atoms with Gasteiger partial charge in [-0.15, -0.1) is 0 Å². The quantitative estimate of drug-likeness (QED) is 0.558. The Labute approximate surface area is 122 Å². The standard InChI is InChI=1S/C18H15Br/c1-2-13-5-3-6-14(11-13)17-8-4-7-15-12-16(19)9-10-18(15)17/h3-12H,2H2,1H3. The van der Waals surface area contributed by atoms with Crippen LogP contribution in [0.2, 0.25) is 0 Å². The molecule has 3 rings (SSSR count). The highest BCUT2D eigenvalue weighted by atomic mass is 79.9. The van der Waals surface area contributed by atoms with Crippen molar-refractivity contribution in [1.82, 2.24) is 0 Å². The first-order valence-corrected chi connectivity index (χ1v) is 7.35. The number of rotatable bonds is 2. The fraction of sp³-hybridized carbons (Fsp3) is 0.111. The SMILES string of the molecule is CCc1cccc(-c2cccc3cc(Br)ccc23)c1. The zero-order valence-electron chi connectivity index (χ0n) is 10.9. The van der Waals surface area contributed by atoms with E-state index in [4.69, 9.17) is 0 Å². The van der Waals surface area contributed by atoms with E-state index in [0.717, 1.165) is 10.9 Å². The van der Waals surface area contributed by atoms with Crippen LogP contribution in [0.1, 0.15) is 12.5 Å². The second-order valence-electron chi connectivity index (χ2n) is 4.72. The van der Waals surface area contributed by atoms with Crippen molar-refractivity contribution in [2.75, 3.05) is 0 Å². The molecule has 0 aliphatic rings. The Morgan fingerprint density at radius 2 is 1.74 bits per heavy atom. The van der Waals surface area contributed by atoms with Gasteiger partial charge in [-0.3, -0.25) is 0 Å². The van der Waals surface area contributed by atoms with Gasteiger partial charge in [0.25, 0.3) is 0 Å². The molecule has 0 spiro atoms. The van der Waals surface area contributed by atoms with E-state index < -0.39 is 0 Å². The third kappa shape index (κ3) is 2.43. The number of halogens is 1. The molecule has 94 valence electrons. The monoisotopic (exact) mass is 310 g/mol. The van der Waals surface area contributed by atoms with E-state index >= 15 is 0 Å². The Balaban J connectivity index is 2.24. The molecule has 0 aromatic heterocycles. The molecule has 0 atom stereocenters. The van der Waals surface area contributed by atoms with E-state index in [-0.39, 0.29) is 0 Å². The van der Waals surface area contributed by atoms with Crippen molar-refractivity contribution in [2.45, 2.75) is 13.3 Å². The molecule has 3 aromatic carbocycles. The van der Waals surface area contributed by atoms with Crippen molar-refractivity contribution in [3.8, 4) is 11.1 Å². The maximum absolute atomic E-state index is 3.54. The topological polar surface area (TPSA) is 0 Å². The van der Waals surface area contributed by atoms with E-state index in [2.05, 4.69) is 83.5 Å². The molecular weight excluding hydrogens is 296 g/mol. The minimum absolute atomic E-state index is 1.07. The van der Waals surface area contributed by atoms with Crippen LogP contribution in [0.4, 0.5) is 0 Å². The average molecular weight is 311 g/mol. The summed E-state index contributed by atoms with van der Waals surface area (Å²) in [5.41, 5.74) is 3.99. The molecule has 0 aliphatic heterocycles. The van der Waals surface area contributed by atoms with Gasteiger partial charge in [0.2, 0.25) is 0 Å². The zero-order valence-corrected chi connectivity index (χ0v) is 12.4. The molecule has 1 heteroatoms. The Hall–Kier alpha value is -1.60. The van der Waals surface area contributed by atoms with Gasteiger partial charge >= 0.3 is 0 Å². The third-order valence-electron chi connectivity index (χ3n) is 3.49. The zero-order chi connectivity index (χ0) is 13.2. The minimum atomic E-state index is 1.07. The van der Waals surface area contributed by atoms with Crippen LogP contribution in [0, 0.1) is 0 Å². The van der Waals surface area contributed by atoms with Gasteiger partial charge in [0, 0.05) is 4.47 Å². The summed E-state index contributed by atoms with van der Waals surface area (Å²) in [6.45, 7) is 2.19. The minimum Gasteiger partial charge on any atom is -0.0614 e. The van der Waals surface area contributed by atoms with Crippen LogP contribution in [0.25, 0.3) is 21.9 Å². The Morgan fingerprint density at radius 3 is 2.58 bits per heavy atom. The molecule has 19 heavy (non-hydrogen) atoms. The lowest BCUT2D eigenvalue weighted by Gasteiger charge is -2.08. The molecule has 0 saturated heterocycles. The first-order valence-electron chi connectivity index (χ1n) is 6.55. The van der Waals surface area contributed by atoms with E-state index in [9.17, 15) is 0 Å². The maximum atomic E-state index is 3.54. The largest absolute Gasteiger partial charge is 0.0614 e. The first-order chi connectivity index (χ1) is 9.28. The third-order valence-corrected chi connectivity index (χ3v) is 3.98. The van der Waals surface area contributed by atoms with Gasteiger partial charge in [-0.05, 0) is 46.0 Å². The van der Waals surface area contributed by atoms with Crippen molar-refractivity contribution < 1.29 is 0 Å². The fourth-order valence-electron chi connectivity index (χ4n) is 2.47. The molecule has 0 unspecified atom stereocenters. The molecule has 3 aromatic rings. The van der Waals surface area contributed by atoms with Crippen molar-refractivity contribution in [3.63, 3.8) is 0 Å². The molecule has 0 aliphatic carbocycles. The average Bonchev–Trinajstić information content (AvgIpc) is 2.46. The molecule has 0 nitrogen and oxygen atoms in total. The van der Waals surface area contributed by atoms with Gasteiger partial charge < -0.3 is 0 Å². The van der Waals surface area contributed by atoms with Crippen molar-refractivity contribution >= 4 is 26.7 Å². The predicted octanol–water partition coefficient (Wildman–Crippen LogP) is 5.83. The molecule has 0 amide bonds. The van der Waals surface area contributed by atoms with Gasteiger partial charge in [-0.25, -0.2) is 0 Å². The summed E-state index contributed by atoms with van der Waals surface area (Å²) in [6.07, 6.45) is 1.07. The van der Waals surface area contributed by atoms with Crippen LogP contribution in [0.5, 0.6) is 0 Å². The van der Waals surface area contributed by atoms with Crippen molar-refractivity contribution in [1.29, 1.82) is 0 Å². The summed E-state index contributed by atoms with van der Waals surface area (Å²) in [6, 6.07) is 21.8. The molecule has 0 fully saturated rings. The highest BCUT2D eigenvalue weighted by Gasteiger charge is 2.04. The lowest BCUT2D eigenvalue weighted by atomic mass is 9.97. The van der Waals surface area contributed by atoms with E-state index in [0.29, 0.717) is 0 Å². The lowest BCUT2D eigenvalue weighted by Crippen LogP contribution is -1.84. The summed E-state index contributed by atoms with van der Waals surface area (Å²) >= 11 is 3.54. The molecule has 0 heterocycles. The molecule has 0 saturated carbocycles. The van der Waals surface area contributed by atoms with Crippen LogP contribution in [0.3, 0.4) is 0 Å². The Morgan fingerprint density at radius 1 is 0.895 bits per heavy atom. The number of benzene rings is 3. The van der Waals surface area contributed by atoms with E-state index in [1.165, 1.54) is 27.5 Å². The van der Waals surface area contributed by atoms with Crippen molar-refractivity contribution in [3.05, 3.63) is 70.7 Å². The Bertz CT molecular complexity index is 729. The van der Waals surface area contributed by atoms with Crippen LogP contribution in [-0.2, 0) is 6.42 Å². The van der Waals surface area contributed by atoms with Gasteiger partial charge in [-0.1, -0.05) is 71.4 Å². The summed E-state index contributed by atoms with van der Waals surface area (Å²) in [7, 11) is 0. The lowest BCUT2D eigenvalue weighted by molar-refractivity contribution is 1.14. The predicted molar refractivity (Wildman–Crippen MR) is 86.5 cm³/mol. The molecule has 0 N–H and O–H groups in total. The van der Waals surface area contributed by atoms with Crippen LogP contribution < -0.4 is 0 Å². The van der Waals surface area contributed by atoms with Crippen LogP contribution >= 0.6 is 15.9 Å². The summed E-state index contributed by atoms with van der Waals surface area (Å²) < 4.78 is 1.12. The summed E-state index contributed by atoms with van der Waals surface area (Å²) in [4.78, 5) is 0. The summed E-state index contributed by atoms with van der Waals surface area (Å²) in [5.74, 6) is 0. The van der Waals surface area contributed by atoms with Gasteiger partial charge in [0.05, 0.1) is 0 Å². The fourth-order valence-corrected chi connectivity index (χ4v) is 2.84. The summed E-state index contributed by atoms with van der Waals surface area (Å²) in [5, 5.41) is 2.58. The van der Waals surface area contributed by atoms with Crippen molar-refractivity contribution in [2.24, 2.45) is 0 Å². The number of hydrogen-bond donors (Lipinski definition) is 0. The molecule has 0 bridgehead atoms. The highest BCUT2D eigenvalue weighted by molar-refractivity contribution is 9.10. The number of aryl methyl sites for hydroxylation is 1. The maximum Gasteiger partial charge on any atom is 0.0181 e. The second kappa shape index (κ2) is 5.18.